The number of carbonyl (C=O) groups excluding carboxylic acids is 1. The lowest BCUT2D eigenvalue weighted by molar-refractivity contribution is -0.152. The van der Waals surface area contributed by atoms with Gasteiger partial charge in [-0.25, -0.2) is 4.39 Å². The van der Waals surface area contributed by atoms with E-state index in [1.54, 1.807) is 19.9 Å². The first-order valence-corrected chi connectivity index (χ1v) is 6.60. The first-order valence-electron chi connectivity index (χ1n) is 5.80. The summed E-state index contributed by atoms with van der Waals surface area (Å²) in [5, 5.41) is 10.1. The van der Waals surface area contributed by atoms with Gasteiger partial charge in [0.05, 0.1) is 18.6 Å². The molecule has 1 rings (SSSR count). The van der Waals surface area contributed by atoms with E-state index in [9.17, 15) is 14.3 Å². The van der Waals surface area contributed by atoms with Crippen molar-refractivity contribution < 1.29 is 19.0 Å². The Hall–Kier alpha value is -0.940. The van der Waals surface area contributed by atoms with Crippen LogP contribution in [-0.4, -0.2) is 17.7 Å². The SMILES string of the molecule is CCOC(=O)C(CC)C(O)c1ccc(Br)cc1F. The van der Waals surface area contributed by atoms with Crippen LogP contribution in [-0.2, 0) is 9.53 Å². The van der Waals surface area contributed by atoms with Gasteiger partial charge >= 0.3 is 5.97 Å². The number of halogens is 2. The molecule has 1 aromatic rings. The number of esters is 1. The van der Waals surface area contributed by atoms with E-state index in [1.807, 2.05) is 0 Å². The molecule has 0 aliphatic carbocycles. The first kappa shape index (κ1) is 15.1. The van der Waals surface area contributed by atoms with Crippen LogP contribution in [0.25, 0.3) is 0 Å². The summed E-state index contributed by atoms with van der Waals surface area (Å²) in [6.45, 7) is 3.68. The molecule has 0 aliphatic heterocycles. The number of aliphatic hydroxyl groups is 1. The molecule has 0 aliphatic rings. The maximum Gasteiger partial charge on any atom is 0.311 e. The molecule has 0 amide bonds. The lowest BCUT2D eigenvalue weighted by Gasteiger charge is -2.20. The summed E-state index contributed by atoms with van der Waals surface area (Å²) in [5.74, 6) is -1.80. The first-order chi connectivity index (χ1) is 8.51. The zero-order valence-corrected chi connectivity index (χ0v) is 11.9. The van der Waals surface area contributed by atoms with Gasteiger partial charge in [-0.15, -0.1) is 0 Å². The molecule has 0 radical (unpaired) electrons. The van der Waals surface area contributed by atoms with Gasteiger partial charge in [0.15, 0.2) is 0 Å². The van der Waals surface area contributed by atoms with Crippen LogP contribution in [0.4, 0.5) is 4.39 Å². The normalized spacial score (nSPS) is 14.1. The van der Waals surface area contributed by atoms with E-state index in [1.165, 1.54) is 12.1 Å². The lowest BCUT2D eigenvalue weighted by Crippen LogP contribution is -2.24. The molecule has 0 heterocycles. The fourth-order valence-electron chi connectivity index (χ4n) is 1.73. The molecule has 1 N–H and O–H groups in total. The Morgan fingerprint density at radius 1 is 1.50 bits per heavy atom. The smallest absolute Gasteiger partial charge is 0.311 e. The predicted octanol–water partition coefficient (Wildman–Crippen LogP) is 3.21. The molecule has 0 bridgehead atoms. The zero-order chi connectivity index (χ0) is 13.7. The maximum atomic E-state index is 13.7. The molecule has 5 heteroatoms. The fourth-order valence-corrected chi connectivity index (χ4v) is 2.06. The van der Waals surface area contributed by atoms with E-state index < -0.39 is 23.8 Å². The molecule has 2 unspecified atom stereocenters. The van der Waals surface area contributed by atoms with Crippen LogP contribution in [0, 0.1) is 11.7 Å². The summed E-state index contributed by atoms with van der Waals surface area (Å²) >= 11 is 3.14. The van der Waals surface area contributed by atoms with Crippen molar-refractivity contribution in [2.75, 3.05) is 6.61 Å². The highest BCUT2D eigenvalue weighted by atomic mass is 79.9. The third-order valence-corrected chi connectivity index (χ3v) is 3.18. The third kappa shape index (κ3) is 3.53. The van der Waals surface area contributed by atoms with Crippen molar-refractivity contribution in [1.29, 1.82) is 0 Å². The summed E-state index contributed by atoms with van der Waals surface area (Å²) in [7, 11) is 0. The Balaban J connectivity index is 2.96. The highest BCUT2D eigenvalue weighted by Crippen LogP contribution is 2.29. The Labute approximate surface area is 114 Å². The van der Waals surface area contributed by atoms with Crippen LogP contribution in [0.3, 0.4) is 0 Å². The van der Waals surface area contributed by atoms with Crippen LogP contribution >= 0.6 is 15.9 Å². The molecular weight excluding hydrogens is 303 g/mol. The van der Waals surface area contributed by atoms with E-state index in [4.69, 9.17) is 4.74 Å². The largest absolute Gasteiger partial charge is 0.466 e. The molecule has 100 valence electrons. The summed E-state index contributed by atoms with van der Waals surface area (Å²) in [6.07, 6.45) is -0.808. The van der Waals surface area contributed by atoms with E-state index in [-0.39, 0.29) is 12.2 Å². The van der Waals surface area contributed by atoms with Crippen LogP contribution < -0.4 is 0 Å². The van der Waals surface area contributed by atoms with Crippen LogP contribution in [0.5, 0.6) is 0 Å². The van der Waals surface area contributed by atoms with Crippen LogP contribution in [0.1, 0.15) is 31.9 Å². The van der Waals surface area contributed by atoms with Gasteiger partial charge in [0.2, 0.25) is 0 Å². The van der Waals surface area contributed by atoms with E-state index >= 15 is 0 Å². The predicted molar refractivity (Wildman–Crippen MR) is 69.5 cm³/mol. The Morgan fingerprint density at radius 3 is 2.67 bits per heavy atom. The highest BCUT2D eigenvalue weighted by molar-refractivity contribution is 9.10. The number of rotatable bonds is 5. The monoisotopic (exact) mass is 318 g/mol. The van der Waals surface area contributed by atoms with Crippen molar-refractivity contribution in [2.24, 2.45) is 5.92 Å². The molecule has 0 saturated heterocycles. The van der Waals surface area contributed by atoms with Crippen molar-refractivity contribution in [3.05, 3.63) is 34.1 Å². The van der Waals surface area contributed by atoms with E-state index in [2.05, 4.69) is 15.9 Å². The van der Waals surface area contributed by atoms with Gasteiger partial charge in [-0.2, -0.15) is 0 Å². The van der Waals surface area contributed by atoms with Gasteiger partial charge in [0.25, 0.3) is 0 Å². The minimum atomic E-state index is -1.19. The second kappa shape index (κ2) is 6.85. The van der Waals surface area contributed by atoms with Gasteiger partial charge in [-0.1, -0.05) is 28.9 Å². The molecule has 3 nitrogen and oxygen atoms in total. The second-order valence-electron chi connectivity index (χ2n) is 3.88. The quantitative estimate of drug-likeness (QED) is 0.848. The van der Waals surface area contributed by atoms with Gasteiger partial charge in [-0.05, 0) is 25.5 Å². The van der Waals surface area contributed by atoms with E-state index in [0.29, 0.717) is 10.9 Å². The average Bonchev–Trinajstić information content (AvgIpc) is 2.29. The Bertz CT molecular complexity index is 423. The Kier molecular flexibility index (Phi) is 5.75. The maximum absolute atomic E-state index is 13.7. The van der Waals surface area contributed by atoms with E-state index in [0.717, 1.165) is 0 Å². The third-order valence-electron chi connectivity index (χ3n) is 2.69. The van der Waals surface area contributed by atoms with Crippen molar-refractivity contribution in [1.82, 2.24) is 0 Å². The van der Waals surface area contributed by atoms with Crippen molar-refractivity contribution in [2.45, 2.75) is 26.4 Å². The molecule has 2 atom stereocenters. The van der Waals surface area contributed by atoms with Gasteiger partial charge in [-0.3, -0.25) is 4.79 Å². The molecule has 18 heavy (non-hydrogen) atoms. The van der Waals surface area contributed by atoms with Gasteiger partial charge in [0.1, 0.15) is 5.82 Å². The van der Waals surface area contributed by atoms with Gasteiger partial charge < -0.3 is 9.84 Å². The molecule has 0 fully saturated rings. The number of carbonyl (C=O) groups is 1. The fraction of sp³-hybridized carbons (Fsp3) is 0.462. The van der Waals surface area contributed by atoms with Crippen molar-refractivity contribution >= 4 is 21.9 Å². The highest BCUT2D eigenvalue weighted by Gasteiger charge is 2.29. The topological polar surface area (TPSA) is 46.5 Å². The summed E-state index contributed by atoms with van der Waals surface area (Å²) < 4.78 is 19.2. The zero-order valence-electron chi connectivity index (χ0n) is 10.3. The minimum absolute atomic E-state index is 0.109. The number of aliphatic hydroxyl groups excluding tert-OH is 1. The summed E-state index contributed by atoms with van der Waals surface area (Å²) in [4.78, 5) is 11.7. The number of ether oxygens (including phenoxy) is 1. The number of hydrogen-bond donors (Lipinski definition) is 1. The van der Waals surface area contributed by atoms with Crippen LogP contribution in [0.15, 0.2) is 22.7 Å². The summed E-state index contributed by atoms with van der Waals surface area (Å²) in [6, 6.07) is 4.35. The Morgan fingerprint density at radius 2 is 2.17 bits per heavy atom. The molecule has 0 spiro atoms. The number of hydrogen-bond acceptors (Lipinski definition) is 3. The molecular formula is C13H16BrFO3. The van der Waals surface area contributed by atoms with Crippen LogP contribution in [0.2, 0.25) is 0 Å². The number of benzene rings is 1. The van der Waals surface area contributed by atoms with Gasteiger partial charge in [0, 0.05) is 10.0 Å². The molecule has 0 aromatic heterocycles. The standard InChI is InChI=1S/C13H16BrFO3/c1-3-9(13(17)18-4-2)12(16)10-6-5-8(14)7-11(10)15/h5-7,9,12,16H,3-4H2,1-2H3. The summed E-state index contributed by atoms with van der Waals surface area (Å²) in [5.41, 5.74) is 0.109. The lowest BCUT2D eigenvalue weighted by atomic mass is 9.93. The molecule has 1 aromatic carbocycles. The average molecular weight is 319 g/mol. The molecule has 0 saturated carbocycles. The minimum Gasteiger partial charge on any atom is -0.466 e. The second-order valence-corrected chi connectivity index (χ2v) is 4.79. The van der Waals surface area contributed by atoms with Crippen molar-refractivity contribution in [3.63, 3.8) is 0 Å². The van der Waals surface area contributed by atoms with Crippen molar-refractivity contribution in [3.8, 4) is 0 Å².